The molecule has 0 radical (unpaired) electrons. The number of piperazine rings is 1. The molecule has 1 unspecified atom stereocenters. The molecule has 1 saturated carbocycles. The monoisotopic (exact) mass is 400 g/mol. The van der Waals surface area contributed by atoms with E-state index in [-0.39, 0.29) is 6.04 Å². The van der Waals surface area contributed by atoms with Crippen molar-refractivity contribution in [1.29, 1.82) is 0 Å². The highest BCUT2D eigenvalue weighted by atomic mass is 32.2. The van der Waals surface area contributed by atoms with Gasteiger partial charge >= 0.3 is 0 Å². The van der Waals surface area contributed by atoms with E-state index in [0.717, 1.165) is 25.1 Å². The minimum Gasteiger partial charge on any atom is -0.496 e. The van der Waals surface area contributed by atoms with Crippen LogP contribution in [0.5, 0.6) is 5.75 Å². The zero-order chi connectivity index (χ0) is 19.7. The number of hydrogen-bond donors (Lipinski definition) is 0. The summed E-state index contributed by atoms with van der Waals surface area (Å²) in [4.78, 5) is 2.82. The van der Waals surface area contributed by atoms with Crippen LogP contribution in [0.3, 0.4) is 0 Å². The van der Waals surface area contributed by atoms with Crippen molar-refractivity contribution in [2.75, 3.05) is 26.7 Å². The fourth-order valence-corrected chi connectivity index (χ4v) is 5.84. The maximum absolute atomic E-state index is 13.5. The van der Waals surface area contributed by atoms with Crippen LogP contribution in [-0.4, -0.2) is 56.5 Å². The fourth-order valence-electron chi connectivity index (χ4n) is 4.15. The molecule has 0 N–H and O–H groups in total. The van der Waals surface area contributed by atoms with Gasteiger partial charge in [-0.25, -0.2) is 8.42 Å². The molecule has 0 aromatic heterocycles. The Hall–Kier alpha value is -1.89. The van der Waals surface area contributed by atoms with E-state index in [1.807, 2.05) is 25.1 Å². The summed E-state index contributed by atoms with van der Waals surface area (Å²) in [7, 11) is -1.96. The molecule has 1 saturated heterocycles. The Labute approximate surface area is 168 Å². The summed E-state index contributed by atoms with van der Waals surface area (Å²) in [5, 5.41) is 0. The topological polar surface area (TPSA) is 49.9 Å². The Balaban J connectivity index is 1.63. The molecule has 0 bridgehead atoms. The number of hydrogen-bond acceptors (Lipinski definition) is 4. The van der Waals surface area contributed by atoms with Gasteiger partial charge in [0.1, 0.15) is 5.75 Å². The van der Waals surface area contributed by atoms with E-state index in [0.29, 0.717) is 23.2 Å². The Morgan fingerprint density at radius 1 is 1.07 bits per heavy atom. The third kappa shape index (κ3) is 3.95. The number of benzene rings is 2. The lowest BCUT2D eigenvalue weighted by Crippen LogP contribution is -2.56. The Morgan fingerprint density at radius 3 is 2.46 bits per heavy atom. The maximum Gasteiger partial charge on any atom is 0.243 e. The molecule has 28 heavy (non-hydrogen) atoms. The molecule has 150 valence electrons. The van der Waals surface area contributed by atoms with E-state index < -0.39 is 10.0 Å². The molecule has 1 atom stereocenters. The molecule has 1 heterocycles. The number of rotatable bonds is 6. The van der Waals surface area contributed by atoms with Crippen molar-refractivity contribution in [2.24, 2.45) is 0 Å². The van der Waals surface area contributed by atoms with Crippen molar-refractivity contribution in [3.05, 3.63) is 59.7 Å². The van der Waals surface area contributed by atoms with E-state index in [4.69, 9.17) is 4.74 Å². The van der Waals surface area contributed by atoms with Crippen LogP contribution in [0.15, 0.2) is 53.4 Å². The second-order valence-electron chi connectivity index (χ2n) is 7.82. The molecule has 2 aromatic carbocycles. The van der Waals surface area contributed by atoms with E-state index in [1.165, 1.54) is 18.4 Å². The molecular weight excluding hydrogens is 372 g/mol. The van der Waals surface area contributed by atoms with E-state index in [2.05, 4.69) is 17.0 Å². The number of nitrogens with zero attached hydrogens (tertiary/aromatic N) is 2. The van der Waals surface area contributed by atoms with E-state index >= 15 is 0 Å². The third-order valence-electron chi connectivity index (χ3n) is 5.81. The van der Waals surface area contributed by atoms with Crippen LogP contribution in [0.2, 0.25) is 0 Å². The first-order chi connectivity index (χ1) is 13.5. The molecule has 6 heteroatoms. The summed E-state index contributed by atoms with van der Waals surface area (Å²) in [5.41, 5.74) is 2.01. The minimum atomic E-state index is -3.56. The molecule has 4 rings (SSSR count). The summed E-state index contributed by atoms with van der Waals surface area (Å²) in [6, 6.07) is 15.9. The maximum atomic E-state index is 13.5. The fraction of sp³-hybridized carbons (Fsp3) is 0.455. The van der Waals surface area contributed by atoms with Crippen LogP contribution in [0.1, 0.15) is 24.0 Å². The van der Waals surface area contributed by atoms with Gasteiger partial charge in [0.2, 0.25) is 10.0 Å². The standard InChI is InChI=1S/C22H28N2O3S/c1-17-14-21(10-11-22(17)27-2)28(25,26)24-13-12-23(19-8-9-19)16-20(24)15-18-6-4-3-5-7-18/h3-7,10-11,14,19-20H,8-9,12-13,15-16H2,1-2H3. The molecule has 0 amide bonds. The van der Waals surface area contributed by atoms with Gasteiger partial charge in [-0.05, 0) is 55.5 Å². The first-order valence-electron chi connectivity index (χ1n) is 9.93. The van der Waals surface area contributed by atoms with Crippen molar-refractivity contribution >= 4 is 10.0 Å². The van der Waals surface area contributed by atoms with Crippen molar-refractivity contribution < 1.29 is 13.2 Å². The average molecular weight is 401 g/mol. The molecule has 2 aromatic rings. The minimum absolute atomic E-state index is 0.0517. The largest absolute Gasteiger partial charge is 0.496 e. The smallest absolute Gasteiger partial charge is 0.243 e. The predicted molar refractivity (Wildman–Crippen MR) is 110 cm³/mol. The van der Waals surface area contributed by atoms with Gasteiger partial charge in [-0.1, -0.05) is 30.3 Å². The summed E-state index contributed by atoms with van der Waals surface area (Å²) >= 11 is 0. The van der Waals surface area contributed by atoms with Crippen LogP contribution in [-0.2, 0) is 16.4 Å². The highest BCUT2D eigenvalue weighted by molar-refractivity contribution is 7.89. The van der Waals surface area contributed by atoms with Crippen LogP contribution >= 0.6 is 0 Å². The first-order valence-corrected chi connectivity index (χ1v) is 11.4. The highest BCUT2D eigenvalue weighted by Gasteiger charge is 2.40. The molecule has 2 aliphatic rings. The number of aryl methyl sites for hydroxylation is 1. The molecule has 2 fully saturated rings. The Kier molecular flexibility index (Phi) is 5.45. The van der Waals surface area contributed by atoms with Crippen molar-refractivity contribution in [2.45, 2.75) is 43.2 Å². The lowest BCUT2D eigenvalue weighted by atomic mass is 10.0. The van der Waals surface area contributed by atoms with Gasteiger partial charge in [0.15, 0.2) is 0 Å². The average Bonchev–Trinajstić information content (AvgIpc) is 3.54. The molecule has 5 nitrogen and oxygen atoms in total. The van der Waals surface area contributed by atoms with Crippen molar-refractivity contribution in [3.63, 3.8) is 0 Å². The van der Waals surface area contributed by atoms with E-state index in [9.17, 15) is 8.42 Å². The summed E-state index contributed by atoms with van der Waals surface area (Å²) < 4.78 is 34.0. The van der Waals surface area contributed by atoms with Crippen LogP contribution in [0.25, 0.3) is 0 Å². The second kappa shape index (κ2) is 7.85. The summed E-state index contributed by atoms with van der Waals surface area (Å²) in [6.45, 7) is 4.03. The van der Waals surface area contributed by atoms with Gasteiger partial charge in [-0.15, -0.1) is 0 Å². The van der Waals surface area contributed by atoms with Gasteiger partial charge in [0.25, 0.3) is 0 Å². The van der Waals surface area contributed by atoms with Crippen LogP contribution in [0, 0.1) is 6.92 Å². The van der Waals surface area contributed by atoms with Gasteiger partial charge in [-0.2, -0.15) is 4.31 Å². The SMILES string of the molecule is COc1ccc(S(=O)(=O)N2CCN(C3CC3)CC2Cc2ccccc2)cc1C. The highest BCUT2D eigenvalue weighted by Crippen LogP contribution is 2.32. The van der Waals surface area contributed by atoms with Gasteiger partial charge in [0, 0.05) is 31.7 Å². The normalized spacial score (nSPS) is 21.6. The Morgan fingerprint density at radius 2 is 1.82 bits per heavy atom. The zero-order valence-corrected chi connectivity index (χ0v) is 17.4. The van der Waals surface area contributed by atoms with Crippen LogP contribution < -0.4 is 4.74 Å². The molecule has 1 aliphatic heterocycles. The predicted octanol–water partition coefficient (Wildman–Crippen LogP) is 3.08. The molecular formula is C22H28N2O3S. The number of ether oxygens (including phenoxy) is 1. The number of sulfonamides is 1. The first kappa shape index (κ1) is 19.4. The second-order valence-corrected chi connectivity index (χ2v) is 9.71. The van der Waals surface area contributed by atoms with Crippen LogP contribution in [0.4, 0.5) is 0 Å². The lowest BCUT2D eigenvalue weighted by molar-refractivity contribution is 0.128. The van der Waals surface area contributed by atoms with Gasteiger partial charge < -0.3 is 4.74 Å². The van der Waals surface area contributed by atoms with Crippen molar-refractivity contribution in [3.8, 4) is 5.75 Å². The quantitative estimate of drug-likeness (QED) is 0.748. The van der Waals surface area contributed by atoms with E-state index in [1.54, 1.807) is 29.6 Å². The van der Waals surface area contributed by atoms with Crippen molar-refractivity contribution in [1.82, 2.24) is 9.21 Å². The Bertz CT molecular complexity index is 926. The van der Waals surface area contributed by atoms with Gasteiger partial charge in [0.05, 0.1) is 12.0 Å². The summed E-state index contributed by atoms with van der Waals surface area (Å²) in [5.74, 6) is 0.707. The molecule has 1 aliphatic carbocycles. The van der Waals surface area contributed by atoms with Gasteiger partial charge in [-0.3, -0.25) is 4.90 Å². The number of methoxy groups -OCH3 is 1. The summed E-state index contributed by atoms with van der Waals surface area (Å²) in [6.07, 6.45) is 3.21. The lowest BCUT2D eigenvalue weighted by Gasteiger charge is -2.41. The molecule has 0 spiro atoms. The third-order valence-corrected chi connectivity index (χ3v) is 7.76. The zero-order valence-electron chi connectivity index (χ0n) is 16.5.